The van der Waals surface area contributed by atoms with E-state index in [-0.39, 0.29) is 5.56 Å². The zero-order valence-corrected chi connectivity index (χ0v) is 20.3. The molecule has 1 heterocycles. The molecule has 7 heteroatoms. The molecule has 4 aromatic rings. The van der Waals surface area contributed by atoms with Crippen LogP contribution in [0.5, 0.6) is 17.2 Å². The number of nitrogens with zero attached hydrogens (tertiary/aromatic N) is 2. The van der Waals surface area contributed by atoms with E-state index >= 15 is 0 Å². The van der Waals surface area contributed by atoms with Crippen LogP contribution in [0.2, 0.25) is 0 Å². The van der Waals surface area contributed by atoms with Crippen molar-refractivity contribution >= 4 is 39.0 Å². The van der Waals surface area contributed by atoms with Crippen LogP contribution >= 0.6 is 15.9 Å². The van der Waals surface area contributed by atoms with E-state index in [0.29, 0.717) is 34.0 Å². The third-order valence-electron chi connectivity index (χ3n) is 5.31. The summed E-state index contributed by atoms with van der Waals surface area (Å²) in [5, 5.41) is 0.558. The first-order valence-corrected chi connectivity index (χ1v) is 11.0. The summed E-state index contributed by atoms with van der Waals surface area (Å²) in [6.07, 6.45) is 3.68. The number of benzene rings is 3. The Hall–Kier alpha value is -3.58. The Labute approximate surface area is 200 Å². The van der Waals surface area contributed by atoms with Crippen LogP contribution in [0, 0.1) is 6.92 Å². The number of aromatic nitrogens is 2. The monoisotopic (exact) mass is 506 g/mol. The molecule has 0 saturated heterocycles. The average Bonchev–Trinajstić information content (AvgIpc) is 2.84. The highest BCUT2D eigenvalue weighted by atomic mass is 79.9. The third kappa shape index (κ3) is 4.36. The lowest BCUT2D eigenvalue weighted by Gasteiger charge is -2.14. The molecule has 33 heavy (non-hydrogen) atoms. The Balaban J connectivity index is 1.91. The number of rotatable bonds is 6. The minimum Gasteiger partial charge on any atom is -0.493 e. The smallest absolute Gasteiger partial charge is 0.266 e. The number of hydrogen-bond acceptors (Lipinski definition) is 5. The first-order chi connectivity index (χ1) is 16.0. The first-order valence-electron chi connectivity index (χ1n) is 10.2. The second kappa shape index (κ2) is 9.50. The number of ether oxygens (including phenoxy) is 3. The maximum atomic E-state index is 13.5. The molecular weight excluding hydrogens is 484 g/mol. The number of fused-ring (bicyclic) bond motifs is 1. The zero-order chi connectivity index (χ0) is 23.5. The molecule has 0 spiro atoms. The molecule has 0 fully saturated rings. The summed E-state index contributed by atoms with van der Waals surface area (Å²) in [5.41, 5.74) is 3.07. The van der Waals surface area contributed by atoms with Crippen molar-refractivity contribution < 1.29 is 14.2 Å². The molecule has 0 aliphatic heterocycles. The number of aryl methyl sites for hydroxylation is 1. The van der Waals surface area contributed by atoms with E-state index < -0.39 is 0 Å². The number of hydrogen-bond donors (Lipinski definition) is 0. The largest absolute Gasteiger partial charge is 0.493 e. The summed E-state index contributed by atoms with van der Waals surface area (Å²) in [4.78, 5) is 18.2. The Bertz CT molecular complexity index is 1400. The molecule has 0 amide bonds. The third-order valence-corrected chi connectivity index (χ3v) is 6.20. The quantitative estimate of drug-likeness (QED) is 0.338. The molecule has 1 aromatic heterocycles. The van der Waals surface area contributed by atoms with Crippen molar-refractivity contribution in [2.45, 2.75) is 6.92 Å². The Morgan fingerprint density at radius 3 is 2.24 bits per heavy atom. The standard InChI is InChI=1S/C26H23BrN2O4/c1-16-13-18(10-11-20(16)27)29-24(28-21-8-6-5-7-19(21)26(29)30)12-9-17-14-22(31-2)25(33-4)23(15-17)32-3/h5-15H,1-4H3. The van der Waals surface area contributed by atoms with Crippen molar-refractivity contribution in [1.82, 2.24) is 9.55 Å². The van der Waals surface area contributed by atoms with Crippen molar-refractivity contribution in [3.05, 3.63) is 86.4 Å². The number of methoxy groups -OCH3 is 3. The summed E-state index contributed by atoms with van der Waals surface area (Å²) in [6, 6.07) is 16.8. The maximum Gasteiger partial charge on any atom is 0.266 e. The van der Waals surface area contributed by atoms with Crippen molar-refractivity contribution in [1.29, 1.82) is 0 Å². The van der Waals surface area contributed by atoms with E-state index in [1.165, 1.54) is 0 Å². The van der Waals surface area contributed by atoms with Crippen molar-refractivity contribution in [3.8, 4) is 22.9 Å². The van der Waals surface area contributed by atoms with E-state index in [9.17, 15) is 4.79 Å². The summed E-state index contributed by atoms with van der Waals surface area (Å²) < 4.78 is 18.9. The molecule has 0 saturated carbocycles. The van der Waals surface area contributed by atoms with Gasteiger partial charge >= 0.3 is 0 Å². The molecule has 0 atom stereocenters. The fourth-order valence-electron chi connectivity index (χ4n) is 3.65. The first kappa shape index (κ1) is 22.6. The molecule has 6 nitrogen and oxygen atoms in total. The molecule has 4 rings (SSSR count). The van der Waals surface area contributed by atoms with Gasteiger partial charge in [0.05, 0.1) is 37.9 Å². The molecule has 0 N–H and O–H groups in total. The van der Waals surface area contributed by atoms with E-state index in [1.807, 2.05) is 67.6 Å². The predicted octanol–water partition coefficient (Wildman–Crippen LogP) is 5.65. The number of halogens is 1. The normalized spacial score (nSPS) is 11.2. The van der Waals surface area contributed by atoms with Gasteiger partial charge < -0.3 is 14.2 Å². The highest BCUT2D eigenvalue weighted by Crippen LogP contribution is 2.38. The van der Waals surface area contributed by atoms with Gasteiger partial charge in [-0.25, -0.2) is 4.98 Å². The van der Waals surface area contributed by atoms with Crippen LogP contribution in [0.4, 0.5) is 0 Å². The van der Waals surface area contributed by atoms with E-state index in [0.717, 1.165) is 21.3 Å². The molecule has 0 unspecified atom stereocenters. The van der Waals surface area contributed by atoms with E-state index in [4.69, 9.17) is 19.2 Å². The minimum absolute atomic E-state index is 0.133. The highest BCUT2D eigenvalue weighted by Gasteiger charge is 2.14. The van der Waals surface area contributed by atoms with Gasteiger partial charge in [-0.05, 0) is 66.6 Å². The van der Waals surface area contributed by atoms with Crippen LogP contribution in [-0.2, 0) is 0 Å². The van der Waals surface area contributed by atoms with Crippen LogP contribution in [0.25, 0.3) is 28.7 Å². The van der Waals surface area contributed by atoms with Gasteiger partial charge in [-0.2, -0.15) is 0 Å². The van der Waals surface area contributed by atoms with Crippen LogP contribution in [0.15, 0.2) is 63.9 Å². The van der Waals surface area contributed by atoms with E-state index in [2.05, 4.69) is 15.9 Å². The van der Waals surface area contributed by atoms with Gasteiger partial charge in [0.2, 0.25) is 5.75 Å². The molecule has 168 valence electrons. The van der Waals surface area contributed by atoms with Gasteiger partial charge in [-0.1, -0.05) is 34.1 Å². The fraction of sp³-hybridized carbons (Fsp3) is 0.154. The molecule has 0 bridgehead atoms. The zero-order valence-electron chi connectivity index (χ0n) is 18.8. The minimum atomic E-state index is -0.133. The second-order valence-corrected chi connectivity index (χ2v) is 8.21. The van der Waals surface area contributed by atoms with Gasteiger partial charge in [0.15, 0.2) is 11.5 Å². The fourth-order valence-corrected chi connectivity index (χ4v) is 3.89. The van der Waals surface area contributed by atoms with Gasteiger partial charge in [-0.3, -0.25) is 9.36 Å². The Kier molecular flexibility index (Phi) is 6.51. The lowest BCUT2D eigenvalue weighted by molar-refractivity contribution is 0.324. The number of para-hydroxylation sites is 1. The Morgan fingerprint density at radius 1 is 0.909 bits per heavy atom. The molecular formula is C26H23BrN2O4. The van der Waals surface area contributed by atoms with Crippen molar-refractivity contribution in [3.63, 3.8) is 0 Å². The molecule has 0 aliphatic rings. The summed E-state index contributed by atoms with van der Waals surface area (Å²) in [5.74, 6) is 2.12. The van der Waals surface area contributed by atoms with Gasteiger partial charge in [-0.15, -0.1) is 0 Å². The van der Waals surface area contributed by atoms with Crippen LogP contribution in [0.3, 0.4) is 0 Å². The van der Waals surface area contributed by atoms with Gasteiger partial charge in [0.1, 0.15) is 5.82 Å². The summed E-state index contributed by atoms with van der Waals surface area (Å²) >= 11 is 3.53. The molecule has 0 aliphatic carbocycles. The van der Waals surface area contributed by atoms with Crippen molar-refractivity contribution in [2.24, 2.45) is 0 Å². The lowest BCUT2D eigenvalue weighted by atomic mass is 10.1. The van der Waals surface area contributed by atoms with Crippen LogP contribution < -0.4 is 19.8 Å². The topological polar surface area (TPSA) is 62.6 Å². The Morgan fingerprint density at radius 2 is 1.61 bits per heavy atom. The van der Waals surface area contributed by atoms with Gasteiger partial charge in [0.25, 0.3) is 5.56 Å². The average molecular weight is 507 g/mol. The van der Waals surface area contributed by atoms with E-state index in [1.54, 1.807) is 32.0 Å². The summed E-state index contributed by atoms with van der Waals surface area (Å²) in [7, 11) is 4.71. The summed E-state index contributed by atoms with van der Waals surface area (Å²) in [6.45, 7) is 1.98. The molecule has 0 radical (unpaired) electrons. The predicted molar refractivity (Wildman–Crippen MR) is 135 cm³/mol. The van der Waals surface area contributed by atoms with Crippen LogP contribution in [-0.4, -0.2) is 30.9 Å². The maximum absolute atomic E-state index is 13.5. The molecule has 3 aromatic carbocycles. The van der Waals surface area contributed by atoms with Crippen LogP contribution in [0.1, 0.15) is 17.0 Å². The highest BCUT2D eigenvalue weighted by molar-refractivity contribution is 9.10. The second-order valence-electron chi connectivity index (χ2n) is 7.35. The SMILES string of the molecule is COc1cc(C=Cc2nc3ccccc3c(=O)n2-c2ccc(Br)c(C)c2)cc(OC)c1OC. The lowest BCUT2D eigenvalue weighted by Crippen LogP contribution is -2.22. The van der Waals surface area contributed by atoms with Gasteiger partial charge in [0, 0.05) is 4.47 Å². The van der Waals surface area contributed by atoms with Crippen molar-refractivity contribution in [2.75, 3.05) is 21.3 Å².